The maximum Gasteiger partial charge on any atom is 0.244 e. The van der Waals surface area contributed by atoms with Crippen LogP contribution in [0.25, 0.3) is 11.4 Å². The monoisotopic (exact) mass is 271 g/mol. The molecule has 96 valence electrons. The Labute approximate surface area is 114 Å². The lowest BCUT2D eigenvalue weighted by Crippen LogP contribution is -2.13. The molecule has 19 heavy (non-hydrogen) atoms. The minimum Gasteiger partial charge on any atom is -0.337 e. The summed E-state index contributed by atoms with van der Waals surface area (Å²) in [5.74, 6) is 1.07. The maximum atomic E-state index is 6.10. The average Bonchev–Trinajstić information content (AvgIpc) is 3.11. The number of hydrogen-bond acceptors (Lipinski definition) is 5. The summed E-state index contributed by atoms with van der Waals surface area (Å²) in [5.41, 5.74) is 8.22. The van der Waals surface area contributed by atoms with E-state index >= 15 is 0 Å². The molecule has 3 aromatic rings. The minimum absolute atomic E-state index is 0.276. The molecule has 1 atom stereocenters. The van der Waals surface area contributed by atoms with E-state index in [0.29, 0.717) is 18.1 Å². The highest BCUT2D eigenvalue weighted by molar-refractivity contribution is 7.08. The summed E-state index contributed by atoms with van der Waals surface area (Å²) >= 11 is 1.60. The summed E-state index contributed by atoms with van der Waals surface area (Å²) in [6, 6.07) is 11.7. The largest absolute Gasteiger partial charge is 0.337 e. The second-order valence-corrected chi connectivity index (χ2v) is 5.04. The second-order valence-electron chi connectivity index (χ2n) is 4.26. The third-order valence-electron chi connectivity index (χ3n) is 2.84. The molecule has 1 aromatic carbocycles. The van der Waals surface area contributed by atoms with Gasteiger partial charge in [-0.2, -0.15) is 16.3 Å². The van der Waals surface area contributed by atoms with Crippen LogP contribution in [0, 0.1) is 0 Å². The van der Waals surface area contributed by atoms with Crippen molar-refractivity contribution in [3.8, 4) is 11.4 Å². The highest BCUT2D eigenvalue weighted by Crippen LogP contribution is 2.21. The molecule has 0 saturated carbocycles. The van der Waals surface area contributed by atoms with Crippen molar-refractivity contribution in [3.05, 3.63) is 58.6 Å². The van der Waals surface area contributed by atoms with Gasteiger partial charge in [0.2, 0.25) is 11.7 Å². The van der Waals surface area contributed by atoms with Crippen LogP contribution < -0.4 is 5.73 Å². The molecule has 0 aliphatic heterocycles. The van der Waals surface area contributed by atoms with Crippen LogP contribution in [0.1, 0.15) is 17.5 Å². The van der Waals surface area contributed by atoms with E-state index in [4.69, 9.17) is 10.3 Å². The normalized spacial score (nSPS) is 12.5. The predicted molar refractivity (Wildman–Crippen MR) is 74.7 cm³/mol. The molecule has 0 saturated heterocycles. The van der Waals surface area contributed by atoms with Gasteiger partial charge in [-0.3, -0.25) is 0 Å². The highest BCUT2D eigenvalue weighted by Gasteiger charge is 2.16. The maximum absolute atomic E-state index is 6.10. The summed E-state index contributed by atoms with van der Waals surface area (Å²) in [4.78, 5) is 4.35. The fourth-order valence-corrected chi connectivity index (χ4v) is 2.48. The van der Waals surface area contributed by atoms with E-state index in [2.05, 4.69) is 10.1 Å². The smallest absolute Gasteiger partial charge is 0.244 e. The van der Waals surface area contributed by atoms with Gasteiger partial charge in [0.05, 0.1) is 6.04 Å². The van der Waals surface area contributed by atoms with Crippen molar-refractivity contribution in [2.75, 3.05) is 0 Å². The first kappa shape index (κ1) is 12.1. The lowest BCUT2D eigenvalue weighted by Gasteiger charge is -2.05. The Balaban J connectivity index is 1.76. The van der Waals surface area contributed by atoms with Crippen LogP contribution in [-0.2, 0) is 6.42 Å². The molecule has 3 rings (SSSR count). The molecule has 1 unspecified atom stereocenters. The van der Waals surface area contributed by atoms with E-state index in [0.717, 1.165) is 11.1 Å². The summed E-state index contributed by atoms with van der Waals surface area (Å²) in [6.45, 7) is 0. The molecular weight excluding hydrogens is 258 g/mol. The Kier molecular flexibility index (Phi) is 3.39. The van der Waals surface area contributed by atoms with Crippen molar-refractivity contribution in [2.45, 2.75) is 12.5 Å². The van der Waals surface area contributed by atoms with Crippen molar-refractivity contribution < 1.29 is 4.52 Å². The number of nitrogens with zero attached hydrogens (tertiary/aromatic N) is 2. The van der Waals surface area contributed by atoms with Gasteiger partial charge in [-0.15, -0.1) is 0 Å². The highest BCUT2D eigenvalue weighted by atomic mass is 32.1. The lowest BCUT2D eigenvalue weighted by molar-refractivity contribution is 0.354. The van der Waals surface area contributed by atoms with Gasteiger partial charge >= 0.3 is 0 Å². The van der Waals surface area contributed by atoms with Gasteiger partial charge in [-0.25, -0.2) is 0 Å². The molecule has 0 aliphatic rings. The minimum atomic E-state index is -0.276. The summed E-state index contributed by atoms with van der Waals surface area (Å²) < 4.78 is 5.24. The van der Waals surface area contributed by atoms with Crippen LogP contribution >= 0.6 is 11.3 Å². The SMILES string of the molecule is NC(Cc1ccccc1)c1nc(-c2ccsc2)no1. The quantitative estimate of drug-likeness (QED) is 0.792. The van der Waals surface area contributed by atoms with Crippen LogP contribution in [-0.4, -0.2) is 10.1 Å². The standard InChI is InChI=1S/C14H13N3OS/c15-12(8-10-4-2-1-3-5-10)14-16-13(17-18-14)11-6-7-19-9-11/h1-7,9,12H,8,15H2. The van der Waals surface area contributed by atoms with E-state index < -0.39 is 0 Å². The summed E-state index contributed by atoms with van der Waals surface area (Å²) in [6.07, 6.45) is 0.687. The first-order valence-corrected chi connectivity index (χ1v) is 6.93. The topological polar surface area (TPSA) is 64.9 Å². The van der Waals surface area contributed by atoms with Gasteiger partial charge in [-0.1, -0.05) is 35.5 Å². The van der Waals surface area contributed by atoms with Crippen molar-refractivity contribution in [1.29, 1.82) is 0 Å². The van der Waals surface area contributed by atoms with Crippen LogP contribution in [0.2, 0.25) is 0 Å². The number of benzene rings is 1. The molecule has 5 heteroatoms. The Morgan fingerprint density at radius 3 is 2.79 bits per heavy atom. The Morgan fingerprint density at radius 1 is 1.21 bits per heavy atom. The van der Waals surface area contributed by atoms with Gasteiger partial charge in [0.25, 0.3) is 0 Å². The summed E-state index contributed by atoms with van der Waals surface area (Å²) in [5, 5.41) is 7.93. The molecule has 0 bridgehead atoms. The zero-order valence-corrected chi connectivity index (χ0v) is 11.0. The van der Waals surface area contributed by atoms with E-state index in [1.165, 1.54) is 0 Å². The van der Waals surface area contributed by atoms with Gasteiger partial charge in [0, 0.05) is 10.9 Å². The van der Waals surface area contributed by atoms with Gasteiger partial charge in [-0.05, 0) is 23.4 Å². The second kappa shape index (κ2) is 5.34. The molecule has 2 heterocycles. The number of thiophene rings is 1. The third-order valence-corrected chi connectivity index (χ3v) is 3.52. The zero-order chi connectivity index (χ0) is 13.1. The fraction of sp³-hybridized carbons (Fsp3) is 0.143. The van der Waals surface area contributed by atoms with Gasteiger partial charge < -0.3 is 10.3 Å². The van der Waals surface area contributed by atoms with Gasteiger partial charge in [0.15, 0.2) is 0 Å². The number of rotatable bonds is 4. The van der Waals surface area contributed by atoms with Crippen molar-refractivity contribution in [3.63, 3.8) is 0 Å². The van der Waals surface area contributed by atoms with Crippen LogP contribution in [0.5, 0.6) is 0 Å². The van der Waals surface area contributed by atoms with Crippen molar-refractivity contribution in [1.82, 2.24) is 10.1 Å². The van der Waals surface area contributed by atoms with Crippen molar-refractivity contribution >= 4 is 11.3 Å². The van der Waals surface area contributed by atoms with E-state index in [9.17, 15) is 0 Å². The van der Waals surface area contributed by atoms with Gasteiger partial charge in [0.1, 0.15) is 0 Å². The first-order valence-electron chi connectivity index (χ1n) is 5.98. The molecule has 0 amide bonds. The Morgan fingerprint density at radius 2 is 2.05 bits per heavy atom. The van der Waals surface area contributed by atoms with Crippen molar-refractivity contribution in [2.24, 2.45) is 5.73 Å². The number of hydrogen-bond donors (Lipinski definition) is 1. The van der Waals surface area contributed by atoms with E-state index in [-0.39, 0.29) is 6.04 Å². The number of nitrogens with two attached hydrogens (primary N) is 1. The van der Waals surface area contributed by atoms with Crippen LogP contribution in [0.4, 0.5) is 0 Å². The third kappa shape index (κ3) is 2.72. The van der Waals surface area contributed by atoms with Crippen LogP contribution in [0.3, 0.4) is 0 Å². The molecule has 0 fully saturated rings. The molecule has 2 aromatic heterocycles. The van der Waals surface area contributed by atoms with E-state index in [1.807, 2.05) is 47.2 Å². The Bertz CT molecular complexity index is 634. The molecular formula is C14H13N3OS. The zero-order valence-electron chi connectivity index (χ0n) is 10.2. The molecule has 0 aliphatic carbocycles. The molecule has 0 radical (unpaired) electrons. The molecule has 2 N–H and O–H groups in total. The average molecular weight is 271 g/mol. The van der Waals surface area contributed by atoms with E-state index in [1.54, 1.807) is 11.3 Å². The number of aromatic nitrogens is 2. The molecule has 4 nitrogen and oxygen atoms in total. The lowest BCUT2D eigenvalue weighted by atomic mass is 10.1. The molecule has 0 spiro atoms. The first-order chi connectivity index (χ1) is 9.33. The van der Waals surface area contributed by atoms with Crippen LogP contribution in [0.15, 0.2) is 51.7 Å². The Hall–Kier alpha value is -1.98. The fourth-order valence-electron chi connectivity index (χ4n) is 1.85. The summed E-state index contributed by atoms with van der Waals surface area (Å²) in [7, 11) is 0. The predicted octanol–water partition coefficient (Wildman–Crippen LogP) is 3.04.